The number of rotatable bonds is 2. The number of aromatic nitrogens is 4. The monoisotopic (exact) mass is 294 g/mol. The Morgan fingerprint density at radius 3 is 2.68 bits per heavy atom. The van der Waals surface area contributed by atoms with Crippen LogP contribution in [0.15, 0.2) is 36.8 Å². The van der Waals surface area contributed by atoms with Crippen LogP contribution in [0.5, 0.6) is 0 Å². The molecule has 0 atom stereocenters. The average molecular weight is 294 g/mol. The van der Waals surface area contributed by atoms with Crippen molar-refractivity contribution in [3.8, 4) is 0 Å². The predicted octanol–water partition coefficient (Wildman–Crippen LogP) is 1.99. The molecule has 3 aromatic rings. The zero-order chi connectivity index (χ0) is 14.9. The third kappa shape index (κ3) is 2.26. The van der Waals surface area contributed by atoms with Crippen molar-refractivity contribution in [2.24, 2.45) is 0 Å². The van der Waals surface area contributed by atoms with Gasteiger partial charge < -0.3 is 9.80 Å². The van der Waals surface area contributed by atoms with Crippen LogP contribution < -0.4 is 9.80 Å². The van der Waals surface area contributed by atoms with Crippen LogP contribution in [-0.4, -0.2) is 46.3 Å². The Balaban J connectivity index is 1.53. The highest BCUT2D eigenvalue weighted by Gasteiger charge is 2.20. The molecule has 6 nitrogen and oxygen atoms in total. The van der Waals surface area contributed by atoms with Gasteiger partial charge in [0.1, 0.15) is 12.1 Å². The van der Waals surface area contributed by atoms with Gasteiger partial charge in [-0.3, -0.25) is 5.10 Å². The maximum Gasteiger partial charge on any atom is 0.160 e. The van der Waals surface area contributed by atoms with Gasteiger partial charge in [-0.1, -0.05) is 12.1 Å². The number of aryl methyl sites for hydroxylation is 1. The maximum atomic E-state index is 4.45. The van der Waals surface area contributed by atoms with Gasteiger partial charge >= 0.3 is 0 Å². The molecule has 0 unspecified atom stereocenters. The van der Waals surface area contributed by atoms with E-state index in [1.165, 1.54) is 11.3 Å². The highest BCUT2D eigenvalue weighted by molar-refractivity contribution is 5.86. The van der Waals surface area contributed by atoms with Crippen LogP contribution in [0.25, 0.3) is 11.0 Å². The molecule has 0 saturated carbocycles. The van der Waals surface area contributed by atoms with Crippen molar-refractivity contribution in [1.82, 2.24) is 20.2 Å². The number of aromatic amines is 1. The van der Waals surface area contributed by atoms with E-state index < -0.39 is 0 Å². The summed E-state index contributed by atoms with van der Waals surface area (Å²) in [4.78, 5) is 13.4. The number of nitrogens with zero attached hydrogens (tertiary/aromatic N) is 5. The van der Waals surface area contributed by atoms with E-state index >= 15 is 0 Å². The third-order valence-electron chi connectivity index (χ3n) is 4.17. The first-order valence-corrected chi connectivity index (χ1v) is 7.52. The van der Waals surface area contributed by atoms with Gasteiger partial charge in [0.2, 0.25) is 0 Å². The Kier molecular flexibility index (Phi) is 3.14. The zero-order valence-corrected chi connectivity index (χ0v) is 12.5. The molecule has 0 amide bonds. The summed E-state index contributed by atoms with van der Waals surface area (Å²) >= 11 is 0. The van der Waals surface area contributed by atoms with E-state index in [1.54, 1.807) is 12.5 Å². The van der Waals surface area contributed by atoms with Crippen molar-refractivity contribution in [2.75, 3.05) is 36.0 Å². The lowest BCUT2D eigenvalue weighted by atomic mass is 10.2. The molecular weight excluding hydrogens is 276 g/mol. The molecule has 0 bridgehead atoms. The summed E-state index contributed by atoms with van der Waals surface area (Å²) < 4.78 is 0. The van der Waals surface area contributed by atoms with Gasteiger partial charge in [-0.2, -0.15) is 5.10 Å². The van der Waals surface area contributed by atoms with Gasteiger partial charge in [0.25, 0.3) is 0 Å². The van der Waals surface area contributed by atoms with Crippen LogP contribution in [-0.2, 0) is 0 Å². The predicted molar refractivity (Wildman–Crippen MR) is 87.3 cm³/mol. The van der Waals surface area contributed by atoms with Gasteiger partial charge in [-0.15, -0.1) is 0 Å². The third-order valence-corrected chi connectivity index (χ3v) is 4.17. The molecule has 1 saturated heterocycles. The number of hydrogen-bond acceptors (Lipinski definition) is 5. The van der Waals surface area contributed by atoms with Crippen molar-refractivity contribution in [3.05, 3.63) is 42.4 Å². The fourth-order valence-corrected chi connectivity index (χ4v) is 3.01. The Labute approximate surface area is 128 Å². The van der Waals surface area contributed by atoms with Gasteiger partial charge in [0, 0.05) is 31.9 Å². The summed E-state index contributed by atoms with van der Waals surface area (Å²) in [6.45, 7) is 6.02. The van der Waals surface area contributed by atoms with E-state index in [9.17, 15) is 0 Å². The number of fused-ring (bicyclic) bond motifs is 1. The molecule has 1 N–H and O–H groups in total. The molecule has 3 heterocycles. The number of piperazine rings is 1. The van der Waals surface area contributed by atoms with Crippen LogP contribution in [0.1, 0.15) is 5.56 Å². The Hall–Kier alpha value is -2.63. The van der Waals surface area contributed by atoms with Crippen molar-refractivity contribution < 1.29 is 0 Å². The molecule has 0 aliphatic carbocycles. The highest BCUT2D eigenvalue weighted by atomic mass is 15.3. The molecule has 0 spiro atoms. The fourth-order valence-electron chi connectivity index (χ4n) is 3.01. The van der Waals surface area contributed by atoms with Crippen LogP contribution in [0.2, 0.25) is 0 Å². The second-order valence-corrected chi connectivity index (χ2v) is 5.64. The zero-order valence-electron chi connectivity index (χ0n) is 12.5. The van der Waals surface area contributed by atoms with Crippen molar-refractivity contribution in [1.29, 1.82) is 0 Å². The molecule has 1 aliphatic rings. The average Bonchev–Trinajstić information content (AvgIpc) is 3.04. The Morgan fingerprint density at radius 1 is 1.05 bits per heavy atom. The summed E-state index contributed by atoms with van der Waals surface area (Å²) in [5.41, 5.74) is 3.40. The quantitative estimate of drug-likeness (QED) is 0.783. The van der Waals surface area contributed by atoms with E-state index in [-0.39, 0.29) is 0 Å². The van der Waals surface area contributed by atoms with E-state index in [2.05, 4.69) is 61.2 Å². The van der Waals surface area contributed by atoms with Gasteiger partial charge in [0.05, 0.1) is 11.6 Å². The van der Waals surface area contributed by atoms with Crippen molar-refractivity contribution in [3.63, 3.8) is 0 Å². The van der Waals surface area contributed by atoms with E-state index in [0.717, 1.165) is 43.0 Å². The van der Waals surface area contributed by atoms with E-state index in [4.69, 9.17) is 0 Å². The minimum Gasteiger partial charge on any atom is -0.368 e. The number of H-pyrrole nitrogens is 1. The molecule has 1 aliphatic heterocycles. The maximum absolute atomic E-state index is 4.45. The first kappa shape index (κ1) is 13.1. The normalized spacial score (nSPS) is 15.5. The molecule has 2 aromatic heterocycles. The van der Waals surface area contributed by atoms with Crippen LogP contribution in [0, 0.1) is 6.92 Å². The first-order valence-electron chi connectivity index (χ1n) is 7.52. The van der Waals surface area contributed by atoms with Crippen LogP contribution in [0.4, 0.5) is 11.5 Å². The minimum absolute atomic E-state index is 0.797. The number of hydrogen-bond donors (Lipinski definition) is 1. The summed E-state index contributed by atoms with van der Waals surface area (Å²) in [5.74, 6) is 0.975. The summed E-state index contributed by atoms with van der Waals surface area (Å²) in [5, 5.41) is 7.96. The van der Waals surface area contributed by atoms with Gasteiger partial charge in [-0.05, 0) is 24.6 Å². The van der Waals surface area contributed by atoms with Crippen LogP contribution >= 0.6 is 0 Å². The van der Waals surface area contributed by atoms with Gasteiger partial charge in [0.15, 0.2) is 5.65 Å². The van der Waals surface area contributed by atoms with Crippen LogP contribution in [0.3, 0.4) is 0 Å². The largest absolute Gasteiger partial charge is 0.368 e. The lowest BCUT2D eigenvalue weighted by Crippen LogP contribution is -2.46. The summed E-state index contributed by atoms with van der Waals surface area (Å²) in [7, 11) is 0. The topological polar surface area (TPSA) is 60.9 Å². The molecule has 4 rings (SSSR count). The molecular formula is C16H18N6. The Bertz CT molecular complexity index is 788. The van der Waals surface area contributed by atoms with Gasteiger partial charge in [-0.25, -0.2) is 9.97 Å². The first-order chi connectivity index (χ1) is 10.8. The molecule has 6 heteroatoms. The molecule has 1 fully saturated rings. The molecule has 22 heavy (non-hydrogen) atoms. The highest BCUT2D eigenvalue weighted by Crippen LogP contribution is 2.24. The fraction of sp³-hybridized carbons (Fsp3) is 0.312. The summed E-state index contributed by atoms with van der Waals surface area (Å²) in [6.07, 6.45) is 3.40. The summed E-state index contributed by atoms with van der Waals surface area (Å²) in [6, 6.07) is 8.68. The molecule has 112 valence electrons. The standard InChI is InChI=1S/C16H18N6/c1-12-3-2-4-13(9-12)21-5-7-22(8-6-21)16-14-10-19-20-15(14)17-11-18-16/h2-4,9-11H,5-8H2,1H3,(H,17,18,19,20). The van der Waals surface area contributed by atoms with Crippen molar-refractivity contribution in [2.45, 2.75) is 6.92 Å². The second-order valence-electron chi connectivity index (χ2n) is 5.64. The number of nitrogens with one attached hydrogen (secondary N) is 1. The lowest BCUT2D eigenvalue weighted by molar-refractivity contribution is 0.649. The smallest absolute Gasteiger partial charge is 0.160 e. The molecule has 1 aromatic carbocycles. The lowest BCUT2D eigenvalue weighted by Gasteiger charge is -2.37. The second kappa shape index (κ2) is 5.29. The molecule has 0 radical (unpaired) electrons. The SMILES string of the molecule is Cc1cccc(N2CCN(c3ncnc4[nH]ncc34)CC2)c1. The Morgan fingerprint density at radius 2 is 1.86 bits per heavy atom. The number of benzene rings is 1. The van der Waals surface area contributed by atoms with E-state index in [1.807, 2.05) is 0 Å². The number of anilines is 2. The van der Waals surface area contributed by atoms with Crippen molar-refractivity contribution >= 4 is 22.5 Å². The van der Waals surface area contributed by atoms with E-state index in [0.29, 0.717) is 0 Å². The minimum atomic E-state index is 0.797.